The summed E-state index contributed by atoms with van der Waals surface area (Å²) in [4.78, 5) is 3.76. The van der Waals surface area contributed by atoms with E-state index in [1.165, 1.54) is 0 Å². The van der Waals surface area contributed by atoms with Crippen LogP contribution in [0, 0.1) is 0 Å². The number of hydrogen-bond acceptors (Lipinski definition) is 4. The molecule has 1 aromatic heterocycles. The smallest absolute Gasteiger partial charge is 0.748 e. The van der Waals surface area contributed by atoms with E-state index < -0.39 is 10.1 Å². The predicted octanol–water partition coefficient (Wildman–Crippen LogP) is -2.83. The number of aromatic nitrogens is 1. The van der Waals surface area contributed by atoms with Crippen LogP contribution in [0.5, 0.6) is 0 Å². The molecule has 0 spiro atoms. The Bertz CT molecular complexity index is 338. The summed E-state index contributed by atoms with van der Waals surface area (Å²) in [5.74, 6) is -0.350. The largest absolute Gasteiger partial charge is 1.00 e. The van der Waals surface area contributed by atoms with Crippen LogP contribution in [0.4, 0.5) is 0 Å². The van der Waals surface area contributed by atoms with Crippen molar-refractivity contribution in [2.75, 3.05) is 5.75 Å². The SMILES string of the molecule is O=S(=O)([O-])CCc1ccncc1.[Na+]. The normalized spacial score (nSPS) is 10.5. The van der Waals surface area contributed by atoms with Crippen molar-refractivity contribution in [2.24, 2.45) is 0 Å². The molecule has 13 heavy (non-hydrogen) atoms. The molecule has 0 aliphatic rings. The van der Waals surface area contributed by atoms with Gasteiger partial charge in [0.25, 0.3) is 0 Å². The Morgan fingerprint density at radius 1 is 1.31 bits per heavy atom. The van der Waals surface area contributed by atoms with E-state index in [0.717, 1.165) is 5.56 Å². The maximum Gasteiger partial charge on any atom is 1.00 e. The molecule has 0 radical (unpaired) electrons. The van der Waals surface area contributed by atoms with Gasteiger partial charge in [-0.05, 0) is 24.1 Å². The first-order chi connectivity index (χ1) is 5.58. The van der Waals surface area contributed by atoms with Crippen LogP contribution in [0.25, 0.3) is 0 Å². The van der Waals surface area contributed by atoms with Crippen LogP contribution in [0.3, 0.4) is 0 Å². The molecule has 0 aromatic carbocycles. The van der Waals surface area contributed by atoms with Gasteiger partial charge in [0.2, 0.25) is 0 Å². The van der Waals surface area contributed by atoms with Gasteiger partial charge >= 0.3 is 29.6 Å². The first-order valence-electron chi connectivity index (χ1n) is 3.40. The molecule has 0 aliphatic carbocycles. The zero-order valence-corrected chi connectivity index (χ0v) is 10.1. The molecule has 6 heteroatoms. The number of pyridine rings is 1. The van der Waals surface area contributed by atoms with Gasteiger partial charge in [0, 0.05) is 18.1 Å². The number of nitrogens with zero attached hydrogens (tertiary/aromatic N) is 1. The maximum atomic E-state index is 10.2. The maximum absolute atomic E-state index is 10.2. The van der Waals surface area contributed by atoms with Crippen molar-refractivity contribution in [2.45, 2.75) is 6.42 Å². The first-order valence-corrected chi connectivity index (χ1v) is 4.98. The van der Waals surface area contributed by atoms with Crippen LogP contribution in [-0.2, 0) is 16.5 Å². The second-order valence-electron chi connectivity index (χ2n) is 2.37. The summed E-state index contributed by atoms with van der Waals surface area (Å²) in [5.41, 5.74) is 0.810. The Kier molecular flexibility index (Phi) is 5.75. The molecule has 0 amide bonds. The molecule has 1 aromatic rings. The van der Waals surface area contributed by atoms with E-state index >= 15 is 0 Å². The third-order valence-corrected chi connectivity index (χ3v) is 2.09. The predicted molar refractivity (Wildman–Crippen MR) is 42.5 cm³/mol. The van der Waals surface area contributed by atoms with Crippen molar-refractivity contribution in [3.8, 4) is 0 Å². The summed E-state index contributed by atoms with van der Waals surface area (Å²) in [6, 6.07) is 3.37. The van der Waals surface area contributed by atoms with E-state index in [0.29, 0.717) is 0 Å². The number of aryl methyl sites for hydroxylation is 1. The Morgan fingerprint density at radius 3 is 2.31 bits per heavy atom. The summed E-state index contributed by atoms with van der Waals surface area (Å²) in [7, 11) is -4.09. The van der Waals surface area contributed by atoms with Crippen LogP contribution in [0.1, 0.15) is 5.56 Å². The molecule has 1 heterocycles. The van der Waals surface area contributed by atoms with Crippen LogP contribution in [0.15, 0.2) is 24.5 Å². The second-order valence-corrected chi connectivity index (χ2v) is 3.89. The molecule has 1 rings (SSSR count). The summed E-state index contributed by atoms with van der Waals surface area (Å²) < 4.78 is 30.7. The molecule has 0 atom stereocenters. The molecule has 66 valence electrons. The van der Waals surface area contributed by atoms with Gasteiger partial charge in [-0.2, -0.15) is 0 Å². The zero-order chi connectivity index (χ0) is 9.03. The fraction of sp³-hybridized carbons (Fsp3) is 0.286. The number of rotatable bonds is 3. The Labute approximate surface area is 99.4 Å². The third-order valence-electron chi connectivity index (χ3n) is 1.39. The van der Waals surface area contributed by atoms with Crippen molar-refractivity contribution >= 4 is 10.1 Å². The molecule has 0 saturated heterocycles. The zero-order valence-electron chi connectivity index (χ0n) is 7.30. The van der Waals surface area contributed by atoms with E-state index in [-0.39, 0.29) is 41.7 Å². The minimum absolute atomic E-state index is 0. The Morgan fingerprint density at radius 2 is 1.85 bits per heavy atom. The third kappa shape index (κ3) is 6.17. The minimum Gasteiger partial charge on any atom is -0.748 e. The topological polar surface area (TPSA) is 70.1 Å². The van der Waals surface area contributed by atoms with Gasteiger partial charge in [-0.3, -0.25) is 4.98 Å². The molecule has 0 unspecified atom stereocenters. The number of hydrogen-bond donors (Lipinski definition) is 0. The van der Waals surface area contributed by atoms with Gasteiger partial charge in [0.1, 0.15) is 0 Å². The fourth-order valence-corrected chi connectivity index (χ4v) is 1.28. The molecular formula is C7H8NNaO3S. The van der Waals surface area contributed by atoms with E-state index in [1.54, 1.807) is 24.5 Å². The summed E-state index contributed by atoms with van der Waals surface area (Å²) in [6.07, 6.45) is 3.38. The van der Waals surface area contributed by atoms with Crippen LogP contribution >= 0.6 is 0 Å². The van der Waals surface area contributed by atoms with Crippen LogP contribution < -0.4 is 29.6 Å². The second kappa shape index (κ2) is 5.72. The molecule has 0 bridgehead atoms. The van der Waals surface area contributed by atoms with Gasteiger partial charge in [-0.25, -0.2) is 8.42 Å². The fourth-order valence-electron chi connectivity index (χ4n) is 0.792. The van der Waals surface area contributed by atoms with Gasteiger partial charge in [0.15, 0.2) is 0 Å². The van der Waals surface area contributed by atoms with Gasteiger partial charge in [-0.15, -0.1) is 0 Å². The van der Waals surface area contributed by atoms with Crippen LogP contribution in [-0.4, -0.2) is 23.7 Å². The summed E-state index contributed by atoms with van der Waals surface area (Å²) >= 11 is 0. The summed E-state index contributed by atoms with van der Waals surface area (Å²) in [5, 5.41) is 0. The summed E-state index contributed by atoms with van der Waals surface area (Å²) in [6.45, 7) is 0. The van der Waals surface area contributed by atoms with Crippen molar-refractivity contribution in [1.82, 2.24) is 4.98 Å². The van der Waals surface area contributed by atoms with Gasteiger partial charge in [-0.1, -0.05) is 0 Å². The van der Waals surface area contributed by atoms with Crippen molar-refractivity contribution in [3.63, 3.8) is 0 Å². The standard InChI is InChI=1S/C7H9NO3S.Na/c9-12(10,11)6-3-7-1-4-8-5-2-7;/h1-2,4-5H,3,6H2,(H,9,10,11);/q;+1/p-1. The molecule has 0 N–H and O–H groups in total. The van der Waals surface area contributed by atoms with Crippen molar-refractivity contribution < 1.29 is 42.5 Å². The first kappa shape index (κ1) is 13.1. The van der Waals surface area contributed by atoms with E-state index in [9.17, 15) is 13.0 Å². The molecule has 0 fully saturated rings. The van der Waals surface area contributed by atoms with E-state index in [4.69, 9.17) is 0 Å². The average molecular weight is 209 g/mol. The quantitative estimate of drug-likeness (QED) is 0.397. The van der Waals surface area contributed by atoms with E-state index in [2.05, 4.69) is 4.98 Å². The monoisotopic (exact) mass is 209 g/mol. The molecular weight excluding hydrogens is 201 g/mol. The Balaban J connectivity index is 0.00000144. The van der Waals surface area contributed by atoms with Gasteiger partial charge in [0.05, 0.1) is 10.1 Å². The molecule has 4 nitrogen and oxygen atoms in total. The average Bonchev–Trinajstić information content (AvgIpc) is 2.02. The van der Waals surface area contributed by atoms with Crippen molar-refractivity contribution in [1.29, 1.82) is 0 Å². The molecule has 0 aliphatic heterocycles. The minimum atomic E-state index is -4.09. The molecule has 0 saturated carbocycles. The Hall–Kier alpha value is 0.0600. The van der Waals surface area contributed by atoms with Gasteiger partial charge < -0.3 is 4.55 Å². The van der Waals surface area contributed by atoms with E-state index in [1.807, 2.05) is 0 Å². The van der Waals surface area contributed by atoms with Crippen molar-refractivity contribution in [3.05, 3.63) is 30.1 Å². The van der Waals surface area contributed by atoms with Crippen LogP contribution in [0.2, 0.25) is 0 Å².